The van der Waals surface area contributed by atoms with Gasteiger partial charge in [-0.2, -0.15) is 0 Å². The second-order valence-electron chi connectivity index (χ2n) is 3.82. The van der Waals surface area contributed by atoms with E-state index in [1.165, 1.54) is 11.1 Å². The highest BCUT2D eigenvalue weighted by molar-refractivity contribution is 5.72. The molecule has 0 spiro atoms. The number of benzene rings is 1. The normalized spacial score (nSPS) is 12.4. The Balaban J connectivity index is 2.32. The lowest BCUT2D eigenvalue weighted by Gasteiger charge is -2.06. The molecular formula is C12H17NO2. The lowest BCUT2D eigenvalue weighted by molar-refractivity contribution is -0.138. The number of hydrogen-bond donors (Lipinski definition) is 2. The van der Waals surface area contributed by atoms with Gasteiger partial charge in [-0.1, -0.05) is 29.8 Å². The van der Waals surface area contributed by atoms with Crippen molar-refractivity contribution in [2.24, 2.45) is 5.73 Å². The van der Waals surface area contributed by atoms with Crippen molar-refractivity contribution in [2.75, 3.05) is 0 Å². The summed E-state index contributed by atoms with van der Waals surface area (Å²) < 4.78 is 0. The second kappa shape index (κ2) is 5.51. The number of carbonyl (C=O) groups is 1. The Bertz CT molecular complexity index is 319. The smallest absolute Gasteiger partial charge is 0.320 e. The van der Waals surface area contributed by atoms with Crippen molar-refractivity contribution >= 4 is 5.97 Å². The van der Waals surface area contributed by atoms with Crippen LogP contribution >= 0.6 is 0 Å². The van der Waals surface area contributed by atoms with Crippen LogP contribution in [0.3, 0.4) is 0 Å². The first-order valence-corrected chi connectivity index (χ1v) is 5.13. The van der Waals surface area contributed by atoms with Gasteiger partial charge < -0.3 is 10.8 Å². The number of hydrogen-bond acceptors (Lipinski definition) is 2. The lowest BCUT2D eigenvalue weighted by Crippen LogP contribution is -2.29. The van der Waals surface area contributed by atoms with Crippen molar-refractivity contribution < 1.29 is 9.90 Å². The molecule has 0 aliphatic heterocycles. The van der Waals surface area contributed by atoms with E-state index in [9.17, 15) is 4.79 Å². The van der Waals surface area contributed by atoms with E-state index in [1.807, 2.05) is 6.92 Å². The van der Waals surface area contributed by atoms with Gasteiger partial charge in [-0.05, 0) is 31.7 Å². The Kier molecular flexibility index (Phi) is 4.31. The van der Waals surface area contributed by atoms with Crippen LogP contribution in [0.1, 0.15) is 24.0 Å². The molecule has 0 unspecified atom stereocenters. The summed E-state index contributed by atoms with van der Waals surface area (Å²) in [4.78, 5) is 10.5. The second-order valence-corrected chi connectivity index (χ2v) is 3.82. The topological polar surface area (TPSA) is 63.3 Å². The number of aryl methyl sites for hydroxylation is 2. The SMILES string of the molecule is Cc1ccc(CCC[C@@H](N)C(=O)O)cc1. The van der Waals surface area contributed by atoms with Crippen molar-refractivity contribution in [1.29, 1.82) is 0 Å². The van der Waals surface area contributed by atoms with Crippen LogP contribution in [0.4, 0.5) is 0 Å². The van der Waals surface area contributed by atoms with E-state index in [1.54, 1.807) is 0 Å². The zero-order valence-corrected chi connectivity index (χ0v) is 8.94. The summed E-state index contributed by atoms with van der Waals surface area (Å²) in [6.07, 6.45) is 2.24. The zero-order valence-electron chi connectivity index (χ0n) is 8.94. The quantitative estimate of drug-likeness (QED) is 0.772. The van der Waals surface area contributed by atoms with Crippen molar-refractivity contribution in [3.8, 4) is 0 Å². The number of carboxylic acids is 1. The highest BCUT2D eigenvalue weighted by atomic mass is 16.4. The molecule has 1 atom stereocenters. The lowest BCUT2D eigenvalue weighted by atomic mass is 10.0. The molecule has 3 N–H and O–H groups in total. The highest BCUT2D eigenvalue weighted by Gasteiger charge is 2.09. The summed E-state index contributed by atoms with van der Waals surface area (Å²) in [5, 5.41) is 8.59. The Labute approximate surface area is 89.9 Å². The summed E-state index contributed by atoms with van der Waals surface area (Å²) in [6.45, 7) is 2.05. The molecule has 0 radical (unpaired) electrons. The highest BCUT2D eigenvalue weighted by Crippen LogP contribution is 2.08. The molecule has 0 bridgehead atoms. The maximum absolute atomic E-state index is 10.5. The molecule has 0 amide bonds. The Hall–Kier alpha value is -1.35. The predicted molar refractivity (Wildman–Crippen MR) is 59.7 cm³/mol. The Morgan fingerprint density at radius 1 is 1.40 bits per heavy atom. The summed E-state index contributed by atoms with van der Waals surface area (Å²) in [6, 6.07) is 7.54. The first-order chi connectivity index (χ1) is 7.09. The number of aliphatic carboxylic acids is 1. The van der Waals surface area contributed by atoms with E-state index in [4.69, 9.17) is 10.8 Å². The van der Waals surface area contributed by atoms with Crippen molar-refractivity contribution in [3.05, 3.63) is 35.4 Å². The van der Waals surface area contributed by atoms with Gasteiger partial charge in [0.2, 0.25) is 0 Å². The van der Waals surface area contributed by atoms with Gasteiger partial charge in [0.05, 0.1) is 0 Å². The largest absolute Gasteiger partial charge is 0.480 e. The fourth-order valence-corrected chi connectivity index (χ4v) is 1.40. The Morgan fingerprint density at radius 2 is 2.00 bits per heavy atom. The van der Waals surface area contributed by atoms with Crippen molar-refractivity contribution in [1.82, 2.24) is 0 Å². The molecule has 0 saturated carbocycles. The minimum absolute atomic E-state index is 0.531. The zero-order chi connectivity index (χ0) is 11.3. The number of nitrogens with two attached hydrogens (primary N) is 1. The molecule has 3 nitrogen and oxygen atoms in total. The van der Waals surface area contributed by atoms with Gasteiger partial charge in [-0.3, -0.25) is 4.79 Å². The minimum Gasteiger partial charge on any atom is -0.480 e. The summed E-state index contributed by atoms with van der Waals surface area (Å²) in [7, 11) is 0. The van der Waals surface area contributed by atoms with Crippen LogP contribution in [0.2, 0.25) is 0 Å². The van der Waals surface area contributed by atoms with Gasteiger partial charge >= 0.3 is 5.97 Å². The van der Waals surface area contributed by atoms with E-state index in [-0.39, 0.29) is 0 Å². The van der Waals surface area contributed by atoms with Gasteiger partial charge in [0, 0.05) is 0 Å². The number of carboxylic acid groups (broad SMARTS) is 1. The molecule has 0 heterocycles. The third-order valence-corrected chi connectivity index (χ3v) is 2.42. The summed E-state index contributed by atoms with van der Waals surface area (Å²) in [5.41, 5.74) is 7.88. The first-order valence-electron chi connectivity index (χ1n) is 5.13. The van der Waals surface area contributed by atoms with Gasteiger partial charge in [0.25, 0.3) is 0 Å². The molecule has 0 saturated heterocycles. The molecule has 82 valence electrons. The van der Waals surface area contributed by atoms with Gasteiger partial charge in [0.15, 0.2) is 0 Å². The first kappa shape index (κ1) is 11.7. The van der Waals surface area contributed by atoms with Crippen LogP contribution in [-0.4, -0.2) is 17.1 Å². The van der Waals surface area contributed by atoms with E-state index in [2.05, 4.69) is 24.3 Å². The van der Waals surface area contributed by atoms with Crippen molar-refractivity contribution in [2.45, 2.75) is 32.2 Å². The van der Waals surface area contributed by atoms with Gasteiger partial charge in [-0.15, -0.1) is 0 Å². The van der Waals surface area contributed by atoms with E-state index in [0.717, 1.165) is 12.8 Å². The van der Waals surface area contributed by atoms with E-state index < -0.39 is 12.0 Å². The Morgan fingerprint density at radius 3 is 2.53 bits per heavy atom. The van der Waals surface area contributed by atoms with Crippen LogP contribution < -0.4 is 5.73 Å². The average Bonchev–Trinajstić information content (AvgIpc) is 2.20. The minimum atomic E-state index is -0.918. The van der Waals surface area contributed by atoms with Gasteiger partial charge in [0.1, 0.15) is 6.04 Å². The predicted octanol–water partition coefficient (Wildman–Crippen LogP) is 1.73. The summed E-state index contributed by atoms with van der Waals surface area (Å²) >= 11 is 0. The molecule has 0 aliphatic rings. The van der Waals surface area contributed by atoms with E-state index in [0.29, 0.717) is 6.42 Å². The molecule has 0 aromatic heterocycles. The standard InChI is InChI=1S/C12H17NO2/c1-9-5-7-10(8-6-9)3-2-4-11(13)12(14)15/h5-8,11H,2-4,13H2,1H3,(H,14,15)/t11-/m1/s1. The monoisotopic (exact) mass is 207 g/mol. The molecule has 1 rings (SSSR count). The fourth-order valence-electron chi connectivity index (χ4n) is 1.40. The van der Waals surface area contributed by atoms with E-state index >= 15 is 0 Å². The van der Waals surface area contributed by atoms with Crippen LogP contribution in [0.5, 0.6) is 0 Å². The van der Waals surface area contributed by atoms with Crippen LogP contribution in [-0.2, 0) is 11.2 Å². The average molecular weight is 207 g/mol. The maximum atomic E-state index is 10.5. The molecule has 0 aliphatic carbocycles. The molecule has 1 aromatic rings. The molecular weight excluding hydrogens is 190 g/mol. The van der Waals surface area contributed by atoms with Crippen LogP contribution in [0, 0.1) is 6.92 Å². The maximum Gasteiger partial charge on any atom is 0.320 e. The van der Waals surface area contributed by atoms with Crippen LogP contribution in [0.15, 0.2) is 24.3 Å². The third kappa shape index (κ3) is 4.13. The van der Waals surface area contributed by atoms with Gasteiger partial charge in [-0.25, -0.2) is 0 Å². The molecule has 15 heavy (non-hydrogen) atoms. The molecule has 1 aromatic carbocycles. The van der Waals surface area contributed by atoms with Crippen LogP contribution in [0.25, 0.3) is 0 Å². The van der Waals surface area contributed by atoms with Crippen molar-refractivity contribution in [3.63, 3.8) is 0 Å². The fraction of sp³-hybridized carbons (Fsp3) is 0.417. The number of rotatable bonds is 5. The molecule has 0 fully saturated rings. The summed E-state index contributed by atoms with van der Waals surface area (Å²) in [5.74, 6) is -0.918. The molecule has 3 heteroatoms. The third-order valence-electron chi connectivity index (χ3n) is 2.42.